The molecular formula is C29H37FO3. The van der Waals surface area contributed by atoms with Crippen molar-refractivity contribution in [3.63, 3.8) is 0 Å². The summed E-state index contributed by atoms with van der Waals surface area (Å²) in [5.74, 6) is 0.711. The van der Waals surface area contributed by atoms with Gasteiger partial charge < -0.3 is 9.84 Å². The topological polar surface area (TPSA) is 46.5 Å². The number of carbonyl (C=O) groups excluding carboxylic acids is 1. The van der Waals surface area contributed by atoms with Gasteiger partial charge in [0.25, 0.3) is 0 Å². The number of benzene rings is 2. The van der Waals surface area contributed by atoms with Crippen molar-refractivity contribution >= 4 is 5.97 Å². The number of ether oxygens (including phenoxy) is 1. The molecule has 0 spiro atoms. The average molecular weight is 453 g/mol. The Labute approximate surface area is 197 Å². The molecule has 0 radical (unpaired) electrons. The molecule has 1 saturated carbocycles. The highest BCUT2D eigenvalue weighted by molar-refractivity contribution is 5.87. The predicted molar refractivity (Wildman–Crippen MR) is 132 cm³/mol. The summed E-state index contributed by atoms with van der Waals surface area (Å²) in [7, 11) is 0. The third-order valence-corrected chi connectivity index (χ3v) is 6.88. The average Bonchev–Trinajstić information content (AvgIpc) is 2.85. The molecule has 1 aliphatic rings. The van der Waals surface area contributed by atoms with E-state index in [4.69, 9.17) is 9.84 Å². The molecule has 0 amide bonds. The zero-order chi connectivity index (χ0) is 23.6. The van der Waals surface area contributed by atoms with Crippen LogP contribution in [0.15, 0.2) is 54.6 Å². The van der Waals surface area contributed by atoms with Crippen molar-refractivity contribution in [2.45, 2.75) is 70.6 Å². The van der Waals surface area contributed by atoms with Crippen LogP contribution in [0.2, 0.25) is 0 Å². The number of carbonyl (C=O) groups is 1. The lowest BCUT2D eigenvalue weighted by Crippen LogP contribution is -2.13. The van der Waals surface area contributed by atoms with Gasteiger partial charge in [0.2, 0.25) is 0 Å². The second-order valence-corrected chi connectivity index (χ2v) is 9.29. The first-order valence-electron chi connectivity index (χ1n) is 12.4. The quantitative estimate of drug-likeness (QED) is 0.227. The maximum Gasteiger partial charge on any atom is 0.335 e. The first-order chi connectivity index (χ1) is 16.0. The number of esters is 1. The fourth-order valence-corrected chi connectivity index (χ4v) is 4.75. The number of rotatable bonds is 11. The third-order valence-electron chi connectivity index (χ3n) is 6.88. The highest BCUT2D eigenvalue weighted by Crippen LogP contribution is 2.38. The summed E-state index contributed by atoms with van der Waals surface area (Å²) < 4.78 is 19.7. The van der Waals surface area contributed by atoms with Crippen LogP contribution in [0.4, 0.5) is 4.39 Å². The fourth-order valence-electron chi connectivity index (χ4n) is 4.75. The molecule has 33 heavy (non-hydrogen) atoms. The molecule has 4 heteroatoms. The van der Waals surface area contributed by atoms with Crippen molar-refractivity contribution in [1.29, 1.82) is 0 Å². The van der Waals surface area contributed by atoms with Gasteiger partial charge >= 0.3 is 5.97 Å². The summed E-state index contributed by atoms with van der Waals surface area (Å²) >= 11 is 0. The number of unbranched alkanes of at least 4 members (excludes halogenated alkanes) is 1. The van der Waals surface area contributed by atoms with Crippen LogP contribution in [0.25, 0.3) is 11.1 Å². The van der Waals surface area contributed by atoms with Gasteiger partial charge in [0.05, 0.1) is 18.8 Å². The van der Waals surface area contributed by atoms with Gasteiger partial charge in [0, 0.05) is 0 Å². The number of aliphatic hydroxyl groups is 1. The van der Waals surface area contributed by atoms with Crippen LogP contribution in [0.1, 0.15) is 75.3 Å². The zero-order valence-electron chi connectivity index (χ0n) is 19.8. The lowest BCUT2D eigenvalue weighted by atomic mass is 9.77. The van der Waals surface area contributed by atoms with Crippen molar-refractivity contribution in [2.24, 2.45) is 5.92 Å². The number of hydrogen-bond donors (Lipinski definition) is 1. The molecule has 1 N–H and O–H groups in total. The van der Waals surface area contributed by atoms with Gasteiger partial charge in [-0.3, -0.25) is 0 Å². The predicted octanol–water partition coefficient (Wildman–Crippen LogP) is 6.98. The molecule has 1 aliphatic carbocycles. The molecule has 3 rings (SSSR count). The van der Waals surface area contributed by atoms with Crippen molar-refractivity contribution in [2.75, 3.05) is 13.2 Å². The highest BCUT2D eigenvalue weighted by atomic mass is 19.1. The van der Waals surface area contributed by atoms with Gasteiger partial charge in [-0.1, -0.05) is 69.2 Å². The van der Waals surface area contributed by atoms with E-state index < -0.39 is 12.6 Å². The van der Waals surface area contributed by atoms with Crippen molar-refractivity contribution in [1.82, 2.24) is 0 Å². The van der Waals surface area contributed by atoms with Crippen LogP contribution in [0.3, 0.4) is 0 Å². The Morgan fingerprint density at radius 1 is 1.06 bits per heavy atom. The van der Waals surface area contributed by atoms with E-state index in [1.54, 1.807) is 6.07 Å². The summed E-state index contributed by atoms with van der Waals surface area (Å²) in [5.41, 5.74) is 3.93. The summed E-state index contributed by atoms with van der Waals surface area (Å²) in [6.07, 6.45) is 10.3. The Bertz CT molecular complexity index is 911. The molecule has 1 fully saturated rings. The molecule has 0 atom stereocenters. The van der Waals surface area contributed by atoms with E-state index in [2.05, 4.69) is 37.8 Å². The van der Waals surface area contributed by atoms with E-state index in [1.807, 2.05) is 12.1 Å². The van der Waals surface area contributed by atoms with E-state index in [-0.39, 0.29) is 18.0 Å². The lowest BCUT2D eigenvalue weighted by molar-refractivity contribution is -0.139. The fraction of sp³-hybridized carbons (Fsp3) is 0.483. The van der Waals surface area contributed by atoms with Crippen molar-refractivity contribution in [3.05, 3.63) is 71.6 Å². The number of aliphatic hydroxyl groups excluding tert-OH is 1. The van der Waals surface area contributed by atoms with Crippen LogP contribution in [0, 0.1) is 11.7 Å². The standard InChI is InChI=1S/C29H37FO3/c1-3-4-6-22-8-10-23(11-9-22)24-12-14-25(15-13-24)27-17-16-26(28(30)19-27)7-5-18-33-29(32)21(2)20-31/h12-17,19,22-23,31H,2-11,18,20H2,1H3. The third kappa shape index (κ3) is 7.26. The Hall–Kier alpha value is -2.46. The van der Waals surface area contributed by atoms with Crippen LogP contribution in [0.5, 0.6) is 0 Å². The van der Waals surface area contributed by atoms with E-state index in [0.29, 0.717) is 24.3 Å². The van der Waals surface area contributed by atoms with E-state index in [1.165, 1.54) is 50.5 Å². The van der Waals surface area contributed by atoms with Gasteiger partial charge in [0.1, 0.15) is 5.82 Å². The Kier molecular flexibility index (Phi) is 9.68. The molecular weight excluding hydrogens is 415 g/mol. The molecule has 178 valence electrons. The van der Waals surface area contributed by atoms with Crippen LogP contribution < -0.4 is 0 Å². The van der Waals surface area contributed by atoms with E-state index >= 15 is 0 Å². The molecule has 2 aromatic carbocycles. The maximum absolute atomic E-state index is 14.6. The Balaban J connectivity index is 1.51. The first-order valence-corrected chi connectivity index (χ1v) is 12.4. The summed E-state index contributed by atoms with van der Waals surface area (Å²) in [4.78, 5) is 11.5. The molecule has 0 aromatic heterocycles. The maximum atomic E-state index is 14.6. The van der Waals surface area contributed by atoms with E-state index in [0.717, 1.165) is 17.0 Å². The minimum atomic E-state index is -0.610. The van der Waals surface area contributed by atoms with Gasteiger partial charge in [-0.25, -0.2) is 9.18 Å². The minimum Gasteiger partial charge on any atom is -0.462 e. The number of halogens is 1. The largest absolute Gasteiger partial charge is 0.462 e. The van der Waals surface area contributed by atoms with Gasteiger partial charge in [-0.05, 0) is 78.7 Å². The number of aryl methyl sites for hydroxylation is 1. The monoisotopic (exact) mass is 452 g/mol. The van der Waals surface area contributed by atoms with Crippen molar-refractivity contribution < 1.29 is 19.0 Å². The molecule has 2 aromatic rings. The summed E-state index contributed by atoms with van der Waals surface area (Å²) in [6, 6.07) is 14.0. The molecule has 0 bridgehead atoms. The highest BCUT2D eigenvalue weighted by Gasteiger charge is 2.22. The Morgan fingerprint density at radius 2 is 1.76 bits per heavy atom. The van der Waals surface area contributed by atoms with Crippen LogP contribution in [-0.2, 0) is 16.0 Å². The first kappa shape index (κ1) is 25.2. The minimum absolute atomic E-state index is 0.0243. The van der Waals surface area contributed by atoms with Gasteiger partial charge in [0.15, 0.2) is 0 Å². The smallest absolute Gasteiger partial charge is 0.335 e. The summed E-state index contributed by atoms with van der Waals surface area (Å²) in [6.45, 7) is 5.44. The second-order valence-electron chi connectivity index (χ2n) is 9.29. The van der Waals surface area contributed by atoms with E-state index in [9.17, 15) is 9.18 Å². The van der Waals surface area contributed by atoms with Gasteiger partial charge in [-0.15, -0.1) is 0 Å². The molecule has 0 unspecified atom stereocenters. The normalized spacial score (nSPS) is 18.2. The Morgan fingerprint density at radius 3 is 2.39 bits per heavy atom. The molecule has 3 nitrogen and oxygen atoms in total. The summed E-state index contributed by atoms with van der Waals surface area (Å²) in [5, 5.41) is 8.86. The molecule has 0 heterocycles. The zero-order valence-corrected chi connectivity index (χ0v) is 19.8. The second kappa shape index (κ2) is 12.7. The number of hydrogen-bond acceptors (Lipinski definition) is 3. The molecule has 0 aliphatic heterocycles. The van der Waals surface area contributed by atoms with Crippen LogP contribution >= 0.6 is 0 Å². The molecule has 0 saturated heterocycles. The lowest BCUT2D eigenvalue weighted by Gasteiger charge is -2.29. The van der Waals surface area contributed by atoms with Crippen LogP contribution in [-0.4, -0.2) is 24.3 Å². The SMILES string of the molecule is C=C(CO)C(=O)OCCCc1ccc(-c2ccc(C3CCC(CCCC)CC3)cc2)cc1F. The van der Waals surface area contributed by atoms with Gasteiger partial charge in [-0.2, -0.15) is 0 Å². The van der Waals surface area contributed by atoms with Crippen molar-refractivity contribution in [3.8, 4) is 11.1 Å².